The van der Waals surface area contributed by atoms with Crippen molar-refractivity contribution in [3.63, 3.8) is 0 Å². The molecule has 0 saturated heterocycles. The number of para-hydroxylation sites is 1. The number of anilines is 1. The number of rotatable bonds is 1. The molecule has 0 aromatic heterocycles. The van der Waals surface area contributed by atoms with E-state index in [0.29, 0.717) is 0 Å². The molecule has 1 aliphatic rings. The van der Waals surface area contributed by atoms with Gasteiger partial charge < -0.3 is 4.90 Å². The zero-order valence-corrected chi connectivity index (χ0v) is 6.20. The molecule has 1 heteroatoms. The van der Waals surface area contributed by atoms with Gasteiger partial charge in [0.05, 0.1) is 6.54 Å². The minimum absolute atomic E-state index is 0.990. The van der Waals surface area contributed by atoms with E-state index in [-0.39, 0.29) is 0 Å². The number of hydrogen-bond acceptors (Lipinski definition) is 1. The van der Waals surface area contributed by atoms with E-state index in [2.05, 4.69) is 18.7 Å². The topological polar surface area (TPSA) is 3.24 Å². The maximum absolute atomic E-state index is 5.42. The predicted octanol–water partition coefficient (Wildman–Crippen LogP) is 2.16. The fourth-order valence-electron chi connectivity index (χ4n) is 1.37. The second-order valence-electron chi connectivity index (χ2n) is 2.57. The van der Waals surface area contributed by atoms with Crippen LogP contribution in [-0.2, 0) is 6.42 Å². The van der Waals surface area contributed by atoms with Crippen molar-refractivity contribution in [2.75, 3.05) is 4.90 Å². The summed E-state index contributed by atoms with van der Waals surface area (Å²) < 4.78 is 0. The molecule has 0 saturated carbocycles. The van der Waals surface area contributed by atoms with Crippen LogP contribution in [-0.4, -0.2) is 0 Å². The summed E-state index contributed by atoms with van der Waals surface area (Å²) in [5.41, 5.74) is 2.55. The van der Waals surface area contributed by atoms with Crippen molar-refractivity contribution in [2.24, 2.45) is 0 Å². The zero-order valence-electron chi connectivity index (χ0n) is 6.20. The minimum Gasteiger partial charge on any atom is -0.342 e. The third-order valence-corrected chi connectivity index (χ3v) is 1.94. The molecule has 0 N–H and O–H groups in total. The molecule has 0 bridgehead atoms. The molecule has 0 unspecified atom stereocenters. The molecule has 1 aromatic rings. The van der Waals surface area contributed by atoms with Crippen LogP contribution in [0.3, 0.4) is 0 Å². The Kier molecular flexibility index (Phi) is 1.42. The van der Waals surface area contributed by atoms with E-state index in [1.165, 1.54) is 11.3 Å². The first kappa shape index (κ1) is 6.47. The van der Waals surface area contributed by atoms with E-state index in [4.69, 9.17) is 6.58 Å². The first-order chi connectivity index (χ1) is 5.42. The highest BCUT2D eigenvalue weighted by Gasteiger charge is 2.15. The van der Waals surface area contributed by atoms with Gasteiger partial charge in [0.15, 0.2) is 0 Å². The van der Waals surface area contributed by atoms with E-state index in [0.717, 1.165) is 6.42 Å². The summed E-state index contributed by atoms with van der Waals surface area (Å²) >= 11 is 0. The highest BCUT2D eigenvalue weighted by molar-refractivity contribution is 5.61. The largest absolute Gasteiger partial charge is 0.342 e. The normalized spacial score (nSPS) is 14.7. The van der Waals surface area contributed by atoms with Gasteiger partial charge in [0.25, 0.3) is 0 Å². The molecule has 54 valence electrons. The van der Waals surface area contributed by atoms with Gasteiger partial charge in [-0.2, -0.15) is 0 Å². The fourth-order valence-corrected chi connectivity index (χ4v) is 1.37. The monoisotopic (exact) mass is 143 g/mol. The summed E-state index contributed by atoms with van der Waals surface area (Å²) in [5, 5.41) is 0. The number of hydrogen-bond donors (Lipinski definition) is 0. The van der Waals surface area contributed by atoms with Crippen LogP contribution in [0.15, 0.2) is 30.5 Å². The summed E-state index contributed by atoms with van der Waals surface area (Å²) in [6.07, 6.45) is 2.58. The Bertz CT molecular complexity index is 278. The van der Waals surface area contributed by atoms with Gasteiger partial charge in [-0.15, -0.1) is 0 Å². The lowest BCUT2D eigenvalue weighted by atomic mass is 10.2. The van der Waals surface area contributed by atoms with Crippen molar-refractivity contribution in [1.82, 2.24) is 0 Å². The first-order valence-electron chi connectivity index (χ1n) is 3.66. The van der Waals surface area contributed by atoms with Gasteiger partial charge in [0.2, 0.25) is 0 Å². The van der Waals surface area contributed by atoms with Crippen LogP contribution in [0.2, 0.25) is 0 Å². The lowest BCUT2D eigenvalue weighted by Crippen LogP contribution is -2.04. The second kappa shape index (κ2) is 2.42. The number of nitrogens with zero attached hydrogens (tertiary/aromatic N) is 1. The SMILES string of the molecule is [CH]=CN1[CH]Cc2ccccc21. The molecule has 0 amide bonds. The molecular formula is C10H9N. The predicted molar refractivity (Wildman–Crippen MR) is 45.8 cm³/mol. The van der Waals surface area contributed by atoms with Gasteiger partial charge in [0, 0.05) is 11.9 Å². The van der Waals surface area contributed by atoms with Crippen LogP contribution in [0.25, 0.3) is 0 Å². The Morgan fingerprint density at radius 3 is 3.00 bits per heavy atom. The third-order valence-electron chi connectivity index (χ3n) is 1.94. The number of fused-ring (bicyclic) bond motifs is 1. The van der Waals surface area contributed by atoms with Gasteiger partial charge in [-0.3, -0.25) is 0 Å². The average Bonchev–Trinajstić information content (AvgIpc) is 2.47. The summed E-state index contributed by atoms with van der Waals surface area (Å²) in [6.45, 7) is 7.49. The van der Waals surface area contributed by atoms with Crippen LogP contribution in [0.5, 0.6) is 0 Å². The maximum Gasteiger partial charge on any atom is 0.0588 e. The lowest BCUT2D eigenvalue weighted by Gasteiger charge is -2.10. The molecule has 2 rings (SSSR count). The molecule has 1 aromatic carbocycles. The van der Waals surface area contributed by atoms with Crippen molar-refractivity contribution in [1.29, 1.82) is 0 Å². The van der Waals surface area contributed by atoms with Crippen molar-refractivity contribution >= 4 is 5.69 Å². The summed E-state index contributed by atoms with van der Waals surface area (Å²) in [6, 6.07) is 8.26. The first-order valence-corrected chi connectivity index (χ1v) is 3.66. The van der Waals surface area contributed by atoms with Crippen molar-refractivity contribution in [2.45, 2.75) is 6.42 Å². The highest BCUT2D eigenvalue weighted by Crippen LogP contribution is 2.29. The van der Waals surface area contributed by atoms with Gasteiger partial charge in [-0.25, -0.2) is 0 Å². The third kappa shape index (κ3) is 0.929. The van der Waals surface area contributed by atoms with Gasteiger partial charge in [-0.05, 0) is 24.6 Å². The molecule has 1 heterocycles. The van der Waals surface area contributed by atoms with Crippen molar-refractivity contribution in [3.8, 4) is 0 Å². The quantitative estimate of drug-likeness (QED) is 0.582. The smallest absolute Gasteiger partial charge is 0.0588 e. The van der Waals surface area contributed by atoms with E-state index >= 15 is 0 Å². The summed E-state index contributed by atoms with van der Waals surface area (Å²) in [7, 11) is 0. The van der Waals surface area contributed by atoms with E-state index in [1.807, 2.05) is 17.0 Å². The Balaban J connectivity index is 2.46. The second-order valence-corrected chi connectivity index (χ2v) is 2.57. The Morgan fingerprint density at radius 2 is 2.18 bits per heavy atom. The molecular weight excluding hydrogens is 134 g/mol. The molecule has 0 aliphatic carbocycles. The van der Waals surface area contributed by atoms with Crippen LogP contribution in [0.1, 0.15) is 5.56 Å². The zero-order chi connectivity index (χ0) is 7.68. The molecule has 11 heavy (non-hydrogen) atoms. The summed E-state index contributed by atoms with van der Waals surface area (Å²) in [4.78, 5) is 1.95. The average molecular weight is 143 g/mol. The maximum atomic E-state index is 5.42. The Labute approximate surface area is 67.0 Å². The Morgan fingerprint density at radius 1 is 1.36 bits per heavy atom. The molecule has 2 radical (unpaired) electrons. The molecule has 0 spiro atoms. The molecule has 0 fully saturated rings. The van der Waals surface area contributed by atoms with Crippen LogP contribution in [0, 0.1) is 13.1 Å². The van der Waals surface area contributed by atoms with E-state index < -0.39 is 0 Å². The van der Waals surface area contributed by atoms with Gasteiger partial charge >= 0.3 is 0 Å². The molecule has 1 aliphatic heterocycles. The van der Waals surface area contributed by atoms with E-state index in [9.17, 15) is 0 Å². The van der Waals surface area contributed by atoms with Crippen LogP contribution < -0.4 is 4.90 Å². The van der Waals surface area contributed by atoms with Crippen LogP contribution in [0.4, 0.5) is 5.69 Å². The Hall–Kier alpha value is -1.24. The van der Waals surface area contributed by atoms with Crippen molar-refractivity contribution in [3.05, 3.63) is 49.2 Å². The molecule has 0 atom stereocenters. The van der Waals surface area contributed by atoms with Gasteiger partial charge in [0.1, 0.15) is 0 Å². The summed E-state index contributed by atoms with van der Waals surface area (Å²) in [5.74, 6) is 0. The van der Waals surface area contributed by atoms with Gasteiger partial charge in [-0.1, -0.05) is 18.2 Å². The van der Waals surface area contributed by atoms with Crippen LogP contribution >= 0.6 is 0 Å². The van der Waals surface area contributed by atoms with Crippen molar-refractivity contribution < 1.29 is 0 Å². The number of benzene rings is 1. The standard InChI is InChI=1S/C10H9N/c1-2-11-8-7-9-5-3-4-6-10(9)11/h1-6,8H,7H2. The minimum atomic E-state index is 0.990. The fraction of sp³-hybridized carbons (Fsp3) is 0.100. The van der Waals surface area contributed by atoms with E-state index in [1.54, 1.807) is 6.20 Å². The highest BCUT2D eigenvalue weighted by atomic mass is 15.1. The molecule has 1 nitrogen and oxygen atoms in total. The lowest BCUT2D eigenvalue weighted by molar-refractivity contribution is 1.14.